The molecule has 0 spiro atoms. The van der Waals surface area contributed by atoms with E-state index in [1.54, 1.807) is 0 Å². The van der Waals surface area contributed by atoms with Crippen molar-refractivity contribution in [3.8, 4) is 0 Å². The van der Waals surface area contributed by atoms with Gasteiger partial charge in [0.2, 0.25) is 5.89 Å². The molecule has 2 aliphatic rings. The average Bonchev–Trinajstić information content (AvgIpc) is 2.97. The van der Waals surface area contributed by atoms with Gasteiger partial charge in [-0.15, -0.1) is 0 Å². The Labute approximate surface area is 122 Å². The van der Waals surface area contributed by atoms with Crippen LogP contribution in [0.3, 0.4) is 0 Å². The van der Waals surface area contributed by atoms with Gasteiger partial charge in [-0.2, -0.15) is 0 Å². The highest BCUT2D eigenvalue weighted by Crippen LogP contribution is 2.46. The van der Waals surface area contributed by atoms with Gasteiger partial charge in [0, 0.05) is 5.92 Å². The first-order valence-electron chi connectivity index (χ1n) is 8.47. The van der Waals surface area contributed by atoms with Crippen molar-refractivity contribution in [3.63, 3.8) is 0 Å². The molecule has 3 heteroatoms. The van der Waals surface area contributed by atoms with Crippen molar-refractivity contribution in [2.45, 2.75) is 70.8 Å². The number of rotatable bonds is 4. The van der Waals surface area contributed by atoms with E-state index in [1.165, 1.54) is 44.9 Å². The monoisotopic (exact) mass is 276 g/mol. The van der Waals surface area contributed by atoms with Crippen LogP contribution in [0.2, 0.25) is 0 Å². The lowest BCUT2D eigenvalue weighted by atomic mass is 9.67. The molecule has 1 aromatic heterocycles. The van der Waals surface area contributed by atoms with E-state index in [2.05, 4.69) is 24.1 Å². The van der Waals surface area contributed by atoms with Gasteiger partial charge in [0.25, 0.3) is 0 Å². The van der Waals surface area contributed by atoms with Crippen LogP contribution in [-0.4, -0.2) is 11.5 Å². The first-order chi connectivity index (χ1) is 9.78. The Balaban J connectivity index is 1.64. The van der Waals surface area contributed by atoms with Crippen molar-refractivity contribution < 1.29 is 4.42 Å². The lowest BCUT2D eigenvalue weighted by Crippen LogP contribution is -2.26. The molecule has 0 saturated heterocycles. The Morgan fingerprint density at radius 2 is 2.05 bits per heavy atom. The molecule has 4 unspecified atom stereocenters. The van der Waals surface area contributed by atoms with Gasteiger partial charge in [-0.25, -0.2) is 4.98 Å². The first-order valence-corrected chi connectivity index (χ1v) is 8.47. The zero-order chi connectivity index (χ0) is 13.9. The molecule has 0 radical (unpaired) electrons. The number of fused-ring (bicyclic) bond motifs is 1. The van der Waals surface area contributed by atoms with Crippen LogP contribution >= 0.6 is 0 Å². The maximum atomic E-state index is 6.04. The van der Waals surface area contributed by atoms with Crippen LogP contribution in [0.25, 0.3) is 0 Å². The van der Waals surface area contributed by atoms with Gasteiger partial charge < -0.3 is 9.73 Å². The highest BCUT2D eigenvalue weighted by molar-refractivity contribution is 5.06. The van der Waals surface area contributed by atoms with E-state index in [9.17, 15) is 0 Å². The van der Waals surface area contributed by atoms with Crippen molar-refractivity contribution in [3.05, 3.63) is 17.8 Å². The molecule has 2 aliphatic carbocycles. The summed E-state index contributed by atoms with van der Waals surface area (Å²) in [5, 5.41) is 3.37. The van der Waals surface area contributed by atoms with Crippen LogP contribution in [0.4, 0.5) is 0 Å². The van der Waals surface area contributed by atoms with Crippen LogP contribution in [-0.2, 0) is 0 Å². The highest BCUT2D eigenvalue weighted by Gasteiger charge is 2.34. The van der Waals surface area contributed by atoms with Crippen molar-refractivity contribution in [2.75, 3.05) is 6.54 Å². The molecule has 3 nitrogen and oxygen atoms in total. The van der Waals surface area contributed by atoms with Gasteiger partial charge in [0.15, 0.2) is 0 Å². The van der Waals surface area contributed by atoms with Crippen molar-refractivity contribution in [2.24, 2.45) is 11.8 Å². The lowest BCUT2D eigenvalue weighted by Gasteiger charge is -2.38. The van der Waals surface area contributed by atoms with E-state index in [1.807, 2.05) is 6.20 Å². The molecule has 0 aliphatic heterocycles. The van der Waals surface area contributed by atoms with Gasteiger partial charge in [-0.1, -0.05) is 32.6 Å². The number of aromatic nitrogens is 1. The molecule has 1 aromatic rings. The van der Waals surface area contributed by atoms with Gasteiger partial charge >= 0.3 is 0 Å². The van der Waals surface area contributed by atoms with Crippen molar-refractivity contribution in [1.29, 1.82) is 0 Å². The fourth-order valence-corrected chi connectivity index (χ4v) is 4.21. The second-order valence-corrected chi connectivity index (χ2v) is 6.69. The fourth-order valence-electron chi connectivity index (χ4n) is 4.21. The molecule has 0 aromatic carbocycles. The summed E-state index contributed by atoms with van der Waals surface area (Å²) in [7, 11) is 0. The van der Waals surface area contributed by atoms with Crippen LogP contribution in [0.5, 0.6) is 0 Å². The van der Waals surface area contributed by atoms with E-state index in [4.69, 9.17) is 4.42 Å². The lowest BCUT2D eigenvalue weighted by molar-refractivity contribution is 0.147. The molecular weight excluding hydrogens is 248 g/mol. The number of hydrogen-bond donors (Lipinski definition) is 1. The minimum absolute atomic E-state index is 0.222. The molecule has 4 atom stereocenters. The van der Waals surface area contributed by atoms with Crippen LogP contribution in [0.15, 0.2) is 10.6 Å². The number of oxazole rings is 1. The summed E-state index contributed by atoms with van der Waals surface area (Å²) >= 11 is 0. The Morgan fingerprint density at radius 3 is 2.85 bits per heavy atom. The number of nitrogens with one attached hydrogen (secondary N) is 1. The summed E-state index contributed by atoms with van der Waals surface area (Å²) < 4.78 is 6.04. The summed E-state index contributed by atoms with van der Waals surface area (Å²) in [6.45, 7) is 5.19. The molecule has 2 saturated carbocycles. The third-order valence-electron chi connectivity index (χ3n) is 5.36. The second-order valence-electron chi connectivity index (χ2n) is 6.69. The number of nitrogens with zero attached hydrogens (tertiary/aromatic N) is 1. The minimum Gasteiger partial charge on any atom is -0.444 e. The molecule has 20 heavy (non-hydrogen) atoms. The second kappa shape index (κ2) is 6.30. The molecule has 0 bridgehead atoms. The summed E-state index contributed by atoms with van der Waals surface area (Å²) in [5.41, 5.74) is 0. The topological polar surface area (TPSA) is 38.1 Å². The summed E-state index contributed by atoms with van der Waals surface area (Å²) in [6.07, 6.45) is 11.8. The van der Waals surface area contributed by atoms with E-state index >= 15 is 0 Å². The maximum Gasteiger partial charge on any atom is 0.211 e. The summed E-state index contributed by atoms with van der Waals surface area (Å²) in [4.78, 5) is 4.48. The zero-order valence-electron chi connectivity index (χ0n) is 12.9. The highest BCUT2D eigenvalue weighted by atomic mass is 16.4. The predicted octanol–water partition coefficient (Wildman–Crippen LogP) is 4.42. The molecule has 1 heterocycles. The SMILES string of the molecule is CCNC(C)c1ncc(C2CCC3CCCCC3C2)o1. The van der Waals surface area contributed by atoms with Gasteiger partial charge in [-0.05, 0) is 44.6 Å². The van der Waals surface area contributed by atoms with Crippen molar-refractivity contribution >= 4 is 0 Å². The summed E-state index contributed by atoms with van der Waals surface area (Å²) in [6, 6.07) is 0.222. The Hall–Kier alpha value is -0.830. The minimum atomic E-state index is 0.222. The van der Waals surface area contributed by atoms with E-state index < -0.39 is 0 Å². The summed E-state index contributed by atoms with van der Waals surface area (Å²) in [5.74, 6) is 4.55. The standard InChI is InChI=1S/C17H28N2O/c1-3-18-12(2)17-19-11-16(20-17)15-9-8-13-6-4-5-7-14(13)10-15/h11-15,18H,3-10H2,1-2H3. The van der Waals surface area contributed by atoms with Crippen molar-refractivity contribution in [1.82, 2.24) is 10.3 Å². The predicted molar refractivity (Wildman–Crippen MR) is 80.6 cm³/mol. The Morgan fingerprint density at radius 1 is 1.25 bits per heavy atom. The Kier molecular flexibility index (Phi) is 4.45. The van der Waals surface area contributed by atoms with Crippen LogP contribution < -0.4 is 5.32 Å². The van der Waals surface area contributed by atoms with Gasteiger partial charge in [0.1, 0.15) is 5.76 Å². The van der Waals surface area contributed by atoms with E-state index in [-0.39, 0.29) is 6.04 Å². The largest absolute Gasteiger partial charge is 0.444 e. The third kappa shape index (κ3) is 2.93. The molecule has 1 N–H and O–H groups in total. The number of hydrogen-bond acceptors (Lipinski definition) is 3. The quantitative estimate of drug-likeness (QED) is 0.884. The van der Waals surface area contributed by atoms with Gasteiger partial charge in [0.05, 0.1) is 12.2 Å². The van der Waals surface area contributed by atoms with Gasteiger partial charge in [-0.3, -0.25) is 0 Å². The smallest absolute Gasteiger partial charge is 0.211 e. The normalized spacial score (nSPS) is 31.8. The molecular formula is C17H28N2O. The molecule has 3 rings (SSSR count). The van der Waals surface area contributed by atoms with Crippen LogP contribution in [0, 0.1) is 11.8 Å². The average molecular weight is 276 g/mol. The van der Waals surface area contributed by atoms with E-state index in [0.29, 0.717) is 5.92 Å². The fraction of sp³-hybridized carbons (Fsp3) is 0.824. The molecule has 112 valence electrons. The van der Waals surface area contributed by atoms with E-state index in [0.717, 1.165) is 30.0 Å². The van der Waals surface area contributed by atoms with Crippen LogP contribution in [0.1, 0.15) is 82.4 Å². The zero-order valence-corrected chi connectivity index (χ0v) is 12.9. The molecule has 0 amide bonds. The third-order valence-corrected chi connectivity index (χ3v) is 5.36. The Bertz CT molecular complexity index is 428. The maximum absolute atomic E-state index is 6.04. The molecule has 2 fully saturated rings. The first kappa shape index (κ1) is 14.1.